The second-order valence-corrected chi connectivity index (χ2v) is 0. The second-order valence-electron chi connectivity index (χ2n) is 0. The molecule has 0 aliphatic carbocycles. The van der Waals surface area contributed by atoms with Crippen LogP contribution in [0.25, 0.3) is 0 Å². The largest absolute Gasteiger partial charge is 0 e. The molecule has 0 amide bonds. The van der Waals surface area contributed by atoms with Gasteiger partial charge in [-0.05, 0) is 0 Å². The molecule has 0 aliphatic heterocycles. The van der Waals surface area contributed by atoms with Gasteiger partial charge in [-0.1, -0.05) is 0 Å². The fraction of sp³-hybridized carbons (Fsp3) is 0. The van der Waals surface area contributed by atoms with E-state index in [4.69, 9.17) is 0 Å². The molecule has 0 nitrogen and oxygen atoms in total. The Morgan fingerprint density at radius 3 is 1.00 bits per heavy atom. The molecule has 0 aromatic rings. The minimum absolute atomic E-state index is 0. The average Bonchev–Trinajstić information content (AvgIpc) is 0. The van der Waals surface area contributed by atoms with Crippen molar-refractivity contribution in [2.24, 2.45) is 0 Å². The third-order valence-corrected chi connectivity index (χ3v) is 0. The van der Waals surface area contributed by atoms with E-state index in [-0.39, 0.29) is 123 Å². The summed E-state index contributed by atoms with van der Waals surface area (Å²) in [5.74, 6) is 0. The summed E-state index contributed by atoms with van der Waals surface area (Å²) in [5, 5.41) is 0. The van der Waals surface area contributed by atoms with Crippen LogP contribution in [0, 0.1) is 0 Å². The van der Waals surface area contributed by atoms with Crippen LogP contribution >= 0.6 is 0 Å². The Morgan fingerprint density at radius 1 is 1.00 bits per heavy atom. The molecule has 0 rings (SSSR count). The van der Waals surface area contributed by atoms with Crippen LogP contribution in [0.3, 0.4) is 0 Å². The fourth-order valence-corrected chi connectivity index (χ4v) is 0. The molecule has 0 saturated heterocycles. The average molecular weight is 609 g/mol. The van der Waals surface area contributed by atoms with Crippen LogP contribution in [0.4, 0.5) is 0 Å². The quantitative estimate of drug-likeness (QED) is 0.340. The smallest absolute Gasteiger partial charge is 0 e. The van der Waals surface area contributed by atoms with Gasteiger partial charge in [0.1, 0.15) is 0 Å². The van der Waals surface area contributed by atoms with Gasteiger partial charge in [0.15, 0.2) is 0 Å². The van der Waals surface area contributed by atoms with Crippen LogP contribution in [0.1, 0.15) is 0 Å². The van der Waals surface area contributed by atoms with Crippen LogP contribution < -0.4 is 0 Å². The van der Waals surface area contributed by atoms with E-state index in [1.807, 2.05) is 0 Å². The minimum Gasteiger partial charge on any atom is 0 e. The van der Waals surface area contributed by atoms with Gasteiger partial charge in [-0.25, -0.2) is 0 Å². The summed E-state index contributed by atoms with van der Waals surface area (Å²) in [6, 6.07) is 0. The minimum atomic E-state index is 0. The molecule has 0 aromatic heterocycles. The molecule has 0 aliphatic rings. The van der Waals surface area contributed by atoms with Crippen molar-refractivity contribution >= 4 is 0 Å². The molecule has 0 aromatic carbocycles. The Morgan fingerprint density at radius 2 is 1.00 bits per heavy atom. The van der Waals surface area contributed by atoms with Crippen LogP contribution in [-0.4, -0.2) is 0 Å². The molecule has 31 valence electrons. The predicted molar refractivity (Wildman–Crippen MR) is 0 cm³/mol. The summed E-state index contributed by atoms with van der Waals surface area (Å²) < 4.78 is 0. The van der Waals surface area contributed by atoms with Crippen LogP contribution in [0.5, 0.6) is 0 Å². The van der Waals surface area contributed by atoms with Gasteiger partial charge in [0, 0.05) is 123 Å². The molecule has 0 atom stereocenters. The van der Waals surface area contributed by atoms with Crippen molar-refractivity contribution in [3.05, 3.63) is 0 Å². The molecule has 0 N–H and O–H groups in total. The standard InChI is InChI=1S/Cr.Nb.Ta.Ti.V.W. The molecule has 0 unspecified atom stereocenters. The van der Waals surface area contributed by atoms with Crippen molar-refractivity contribution < 1.29 is 123 Å². The topological polar surface area (TPSA) is 0 Å². The van der Waals surface area contributed by atoms with Gasteiger partial charge in [0.2, 0.25) is 0 Å². The zero-order valence-corrected chi connectivity index (χ0v) is 15.2. The van der Waals surface area contributed by atoms with Crippen molar-refractivity contribution in [2.75, 3.05) is 0 Å². The van der Waals surface area contributed by atoms with Gasteiger partial charge >= 0.3 is 0 Å². The zero-order valence-electron chi connectivity index (χ0n) is 2.66. The van der Waals surface area contributed by atoms with E-state index in [2.05, 4.69) is 0 Å². The molecular formula is CrNbTaTiVW. The summed E-state index contributed by atoms with van der Waals surface area (Å²) in [6.45, 7) is 0. The van der Waals surface area contributed by atoms with Crippen molar-refractivity contribution in [1.29, 1.82) is 0 Å². The Bertz CT molecular complexity index is 15.5. The first-order valence-electron chi connectivity index (χ1n) is 0. The molecule has 0 spiro atoms. The van der Waals surface area contributed by atoms with Gasteiger partial charge in [0.05, 0.1) is 0 Å². The molecule has 3 radical (unpaired) electrons. The van der Waals surface area contributed by atoms with Crippen molar-refractivity contribution in [3.8, 4) is 0 Å². The van der Waals surface area contributed by atoms with Crippen LogP contribution in [0.15, 0.2) is 0 Å². The Labute approximate surface area is 121 Å². The first kappa shape index (κ1) is 50.6. The number of hydrogen-bond acceptors (Lipinski definition) is 0. The Kier molecular flexibility index (Phi) is 304. The summed E-state index contributed by atoms with van der Waals surface area (Å²) in [5.41, 5.74) is 0. The van der Waals surface area contributed by atoms with E-state index in [1.54, 1.807) is 0 Å². The molecular weight excluding hydrogens is 609 g/mol. The zero-order chi connectivity index (χ0) is 0. The van der Waals surface area contributed by atoms with E-state index < -0.39 is 0 Å². The summed E-state index contributed by atoms with van der Waals surface area (Å²) in [7, 11) is 0. The van der Waals surface area contributed by atoms with Crippen molar-refractivity contribution in [1.82, 2.24) is 0 Å². The van der Waals surface area contributed by atoms with E-state index in [0.29, 0.717) is 0 Å². The SMILES string of the molecule is [Cr].[Nb].[Ta].[Ti].[V].[W]. The fourth-order valence-electron chi connectivity index (χ4n) is 0. The third-order valence-electron chi connectivity index (χ3n) is 0. The first-order valence-corrected chi connectivity index (χ1v) is 0. The van der Waals surface area contributed by atoms with Gasteiger partial charge in [-0.2, -0.15) is 0 Å². The summed E-state index contributed by atoms with van der Waals surface area (Å²) >= 11 is 0. The molecule has 6 heavy (non-hydrogen) atoms. The first-order chi connectivity index (χ1) is 0. The number of rotatable bonds is 0. The van der Waals surface area contributed by atoms with Gasteiger partial charge < -0.3 is 0 Å². The van der Waals surface area contributed by atoms with Crippen molar-refractivity contribution in [3.63, 3.8) is 0 Å². The maximum atomic E-state index is 0. The molecule has 0 heterocycles. The maximum absolute atomic E-state index is 0. The molecule has 0 saturated carbocycles. The second kappa shape index (κ2) is 36.0. The molecule has 0 fully saturated rings. The third kappa shape index (κ3) is 24.5. The maximum Gasteiger partial charge on any atom is 0 e. The molecule has 0 bridgehead atoms. The van der Waals surface area contributed by atoms with Gasteiger partial charge in [-0.3, -0.25) is 0 Å². The summed E-state index contributed by atoms with van der Waals surface area (Å²) in [6.07, 6.45) is 0. The van der Waals surface area contributed by atoms with Crippen molar-refractivity contribution in [2.45, 2.75) is 0 Å². The Balaban J connectivity index is 0. The van der Waals surface area contributed by atoms with E-state index >= 15 is 0 Å². The monoisotopic (exact) mass is 609 g/mol. The van der Waals surface area contributed by atoms with E-state index in [9.17, 15) is 0 Å². The van der Waals surface area contributed by atoms with Gasteiger partial charge in [0.25, 0.3) is 0 Å². The molecule has 6 heteroatoms. The van der Waals surface area contributed by atoms with Crippen LogP contribution in [0.2, 0.25) is 0 Å². The Hall–Kier alpha value is 4.00. The normalized spacial score (nSPS) is 0. The van der Waals surface area contributed by atoms with E-state index in [0.717, 1.165) is 0 Å². The van der Waals surface area contributed by atoms with E-state index in [1.165, 1.54) is 0 Å². The summed E-state index contributed by atoms with van der Waals surface area (Å²) in [4.78, 5) is 0. The number of hydrogen-bond donors (Lipinski definition) is 0. The van der Waals surface area contributed by atoms with Gasteiger partial charge in [-0.15, -0.1) is 0 Å². The predicted octanol–water partition coefficient (Wildman–Crippen LogP) is -0.0150. The van der Waals surface area contributed by atoms with Crippen LogP contribution in [-0.2, 0) is 123 Å².